The molecule has 0 bridgehead atoms. The third kappa shape index (κ3) is 4.11. The van der Waals surface area contributed by atoms with Crippen molar-refractivity contribution in [1.29, 1.82) is 0 Å². The summed E-state index contributed by atoms with van der Waals surface area (Å²) in [7, 11) is 1.60. The van der Waals surface area contributed by atoms with Crippen LogP contribution in [0.3, 0.4) is 0 Å². The topological polar surface area (TPSA) is 32.8 Å². The van der Waals surface area contributed by atoms with Gasteiger partial charge in [-0.05, 0) is 42.7 Å². The lowest BCUT2D eigenvalue weighted by Gasteiger charge is -2.27. The van der Waals surface area contributed by atoms with Crippen LogP contribution in [0.1, 0.15) is 22.3 Å². The van der Waals surface area contributed by atoms with Gasteiger partial charge in [-0.25, -0.2) is 0 Å². The van der Waals surface area contributed by atoms with Gasteiger partial charge in [0.15, 0.2) is 0 Å². The van der Waals surface area contributed by atoms with E-state index in [-0.39, 0.29) is 5.91 Å². The van der Waals surface area contributed by atoms with E-state index in [1.807, 2.05) is 53.4 Å². The molecule has 0 fully saturated rings. The number of hydrogen-bond donors (Lipinski definition) is 0. The van der Waals surface area contributed by atoms with Gasteiger partial charge in [-0.15, -0.1) is 0 Å². The summed E-state index contributed by atoms with van der Waals surface area (Å²) in [5.41, 5.74) is 4.01. The minimum Gasteiger partial charge on any atom is -0.496 e. The van der Waals surface area contributed by atoms with Crippen LogP contribution >= 0.6 is 0 Å². The zero-order chi connectivity index (χ0) is 20.1. The Morgan fingerprint density at radius 1 is 0.862 bits per heavy atom. The minimum atomic E-state index is -0.0141. The summed E-state index contributed by atoms with van der Waals surface area (Å²) in [4.78, 5) is 17.7. The molecule has 3 aromatic rings. The van der Waals surface area contributed by atoms with Crippen LogP contribution in [-0.4, -0.2) is 32.7 Å². The second-order valence-electron chi connectivity index (χ2n) is 7.22. The Balaban J connectivity index is 1.62. The van der Waals surface area contributed by atoms with Gasteiger partial charge in [-0.1, -0.05) is 54.6 Å². The number of amides is 1. The van der Waals surface area contributed by atoms with Crippen molar-refractivity contribution in [2.45, 2.75) is 12.8 Å². The first kappa shape index (κ1) is 19.1. The van der Waals surface area contributed by atoms with Crippen LogP contribution in [-0.2, 0) is 6.42 Å². The third-order valence-electron chi connectivity index (χ3n) is 5.42. The Hall–Kier alpha value is -3.27. The Morgan fingerprint density at radius 3 is 2.34 bits per heavy atom. The molecule has 0 unspecified atom stereocenters. The molecule has 1 amide bonds. The lowest BCUT2D eigenvalue weighted by molar-refractivity contribution is 0.0984. The van der Waals surface area contributed by atoms with E-state index in [9.17, 15) is 4.79 Å². The smallest absolute Gasteiger partial charge is 0.262 e. The third-order valence-corrected chi connectivity index (χ3v) is 5.42. The molecule has 4 rings (SSSR count). The average molecular weight is 386 g/mol. The molecule has 0 radical (unpaired) electrons. The van der Waals surface area contributed by atoms with Crippen LogP contribution in [0, 0.1) is 0 Å². The fraction of sp³-hybridized carbons (Fsp3) is 0.240. The number of hydrogen-bond acceptors (Lipinski definition) is 3. The molecule has 0 aromatic heterocycles. The van der Waals surface area contributed by atoms with Gasteiger partial charge in [0.25, 0.3) is 5.91 Å². The first-order valence-corrected chi connectivity index (χ1v) is 10.1. The minimum absolute atomic E-state index is 0.0141. The Kier molecular flexibility index (Phi) is 5.80. The van der Waals surface area contributed by atoms with Gasteiger partial charge >= 0.3 is 0 Å². The van der Waals surface area contributed by atoms with Crippen LogP contribution < -0.4 is 14.5 Å². The Morgan fingerprint density at radius 2 is 1.55 bits per heavy atom. The molecule has 3 aromatic carbocycles. The monoisotopic (exact) mass is 386 g/mol. The molecule has 0 aliphatic carbocycles. The van der Waals surface area contributed by atoms with E-state index in [4.69, 9.17) is 4.74 Å². The molecule has 1 aliphatic heterocycles. The van der Waals surface area contributed by atoms with Crippen molar-refractivity contribution in [3.63, 3.8) is 0 Å². The lowest BCUT2D eigenvalue weighted by atomic mass is 10.1. The van der Waals surface area contributed by atoms with Crippen molar-refractivity contribution in [3.8, 4) is 5.75 Å². The van der Waals surface area contributed by atoms with Gasteiger partial charge in [-0.2, -0.15) is 0 Å². The molecule has 1 heterocycles. The second-order valence-corrected chi connectivity index (χ2v) is 7.22. The van der Waals surface area contributed by atoms with E-state index in [2.05, 4.69) is 35.2 Å². The summed E-state index contributed by atoms with van der Waals surface area (Å²) in [6.07, 6.45) is 1.90. The summed E-state index contributed by atoms with van der Waals surface area (Å²) in [5, 5.41) is 0. The summed E-state index contributed by atoms with van der Waals surface area (Å²) in [6.45, 7) is 2.55. The molecule has 148 valence electrons. The molecule has 0 N–H and O–H groups in total. The summed E-state index contributed by atoms with van der Waals surface area (Å²) < 4.78 is 5.43. The number of carbonyl (C=O) groups is 1. The first-order chi connectivity index (χ1) is 14.3. The Labute approximate surface area is 172 Å². The molecule has 29 heavy (non-hydrogen) atoms. The van der Waals surface area contributed by atoms with Crippen molar-refractivity contribution >= 4 is 17.3 Å². The van der Waals surface area contributed by atoms with Gasteiger partial charge in [0.05, 0.1) is 24.0 Å². The zero-order valence-electron chi connectivity index (χ0n) is 16.8. The van der Waals surface area contributed by atoms with Crippen LogP contribution in [0.2, 0.25) is 0 Å². The molecular formula is C25H26N2O2. The molecule has 0 saturated carbocycles. The molecular weight excluding hydrogens is 360 g/mol. The van der Waals surface area contributed by atoms with Crippen LogP contribution in [0.25, 0.3) is 0 Å². The number of rotatable bonds is 5. The number of anilines is 2. The molecule has 4 nitrogen and oxygen atoms in total. The van der Waals surface area contributed by atoms with E-state index in [0.29, 0.717) is 17.9 Å². The molecule has 1 aliphatic rings. The molecule has 0 spiro atoms. The zero-order valence-corrected chi connectivity index (χ0v) is 16.8. The van der Waals surface area contributed by atoms with E-state index in [0.717, 1.165) is 37.3 Å². The largest absolute Gasteiger partial charge is 0.496 e. The number of nitrogens with zero attached hydrogens (tertiary/aromatic N) is 2. The maximum absolute atomic E-state index is 13.4. The van der Waals surface area contributed by atoms with Gasteiger partial charge in [0.2, 0.25) is 0 Å². The number of methoxy groups -OCH3 is 1. The number of benzene rings is 3. The summed E-state index contributed by atoms with van der Waals surface area (Å²) in [5.74, 6) is 0.597. The van der Waals surface area contributed by atoms with Crippen molar-refractivity contribution < 1.29 is 9.53 Å². The highest BCUT2D eigenvalue weighted by Gasteiger charge is 2.26. The van der Waals surface area contributed by atoms with Crippen molar-refractivity contribution in [2.24, 2.45) is 0 Å². The fourth-order valence-electron chi connectivity index (χ4n) is 3.94. The highest BCUT2D eigenvalue weighted by Crippen LogP contribution is 2.34. The Bertz CT molecular complexity index is 971. The standard InChI is InChI=1S/C25H26N2O2/c1-29-24-15-8-5-12-21(24)25(28)27-18-9-17-26(22-13-6-7-14-23(22)27)19-16-20-10-3-2-4-11-20/h2-8,10-15H,9,16-19H2,1H3. The number of ether oxygens (including phenoxy) is 1. The SMILES string of the molecule is COc1ccccc1C(=O)N1CCCN(CCc2ccccc2)c2ccccc21. The summed E-state index contributed by atoms with van der Waals surface area (Å²) in [6, 6.07) is 26.2. The van der Waals surface area contributed by atoms with Gasteiger partial charge in [0.1, 0.15) is 5.75 Å². The highest BCUT2D eigenvalue weighted by atomic mass is 16.5. The van der Waals surface area contributed by atoms with Crippen LogP contribution in [0.15, 0.2) is 78.9 Å². The molecule has 4 heteroatoms. The van der Waals surface area contributed by atoms with Gasteiger partial charge < -0.3 is 14.5 Å². The average Bonchev–Trinajstić information content (AvgIpc) is 2.97. The van der Waals surface area contributed by atoms with Crippen LogP contribution in [0.5, 0.6) is 5.75 Å². The molecule has 0 saturated heterocycles. The molecule has 0 atom stereocenters. The van der Waals surface area contributed by atoms with Crippen molar-refractivity contribution in [3.05, 3.63) is 90.0 Å². The first-order valence-electron chi connectivity index (χ1n) is 10.1. The van der Waals surface area contributed by atoms with E-state index in [1.54, 1.807) is 7.11 Å². The maximum atomic E-state index is 13.4. The number of fused-ring (bicyclic) bond motifs is 1. The van der Waals surface area contributed by atoms with Crippen LogP contribution in [0.4, 0.5) is 11.4 Å². The van der Waals surface area contributed by atoms with Crippen molar-refractivity contribution in [1.82, 2.24) is 0 Å². The van der Waals surface area contributed by atoms with E-state index in [1.165, 1.54) is 5.56 Å². The van der Waals surface area contributed by atoms with E-state index >= 15 is 0 Å². The highest BCUT2D eigenvalue weighted by molar-refractivity contribution is 6.09. The number of para-hydroxylation sites is 3. The summed E-state index contributed by atoms with van der Waals surface area (Å²) >= 11 is 0. The normalized spacial score (nSPS) is 13.6. The predicted octanol–water partition coefficient (Wildman–Crippen LogP) is 4.79. The van der Waals surface area contributed by atoms with E-state index < -0.39 is 0 Å². The predicted molar refractivity (Wildman–Crippen MR) is 118 cm³/mol. The second kappa shape index (κ2) is 8.82. The lowest BCUT2D eigenvalue weighted by Crippen LogP contribution is -2.31. The van der Waals surface area contributed by atoms with Gasteiger partial charge in [-0.3, -0.25) is 4.79 Å². The van der Waals surface area contributed by atoms with Crippen molar-refractivity contribution in [2.75, 3.05) is 36.5 Å². The van der Waals surface area contributed by atoms with Gasteiger partial charge in [0, 0.05) is 19.6 Å². The number of carbonyl (C=O) groups excluding carboxylic acids is 1. The maximum Gasteiger partial charge on any atom is 0.262 e. The quantitative estimate of drug-likeness (QED) is 0.632. The fourth-order valence-corrected chi connectivity index (χ4v) is 3.94.